The molecule has 3 atom stereocenters. The Bertz CT molecular complexity index is 1870. The van der Waals surface area contributed by atoms with E-state index in [9.17, 15) is 23.1 Å². The number of benzene rings is 3. The molecule has 236 valence electrons. The van der Waals surface area contributed by atoms with Gasteiger partial charge in [-0.05, 0) is 65.8 Å². The van der Waals surface area contributed by atoms with Gasteiger partial charge in [-0.2, -0.15) is 0 Å². The number of carboxylic acid groups (broad SMARTS) is 1. The summed E-state index contributed by atoms with van der Waals surface area (Å²) in [6, 6.07) is 13.6. The lowest BCUT2D eigenvalue weighted by Gasteiger charge is -2.36. The molecule has 0 aliphatic carbocycles. The van der Waals surface area contributed by atoms with Crippen molar-refractivity contribution in [3.63, 3.8) is 0 Å². The molecule has 1 aliphatic rings. The smallest absolute Gasteiger partial charge is 0.309 e. The predicted octanol–water partition coefficient (Wildman–Crippen LogP) is 4.83. The van der Waals surface area contributed by atoms with Crippen molar-refractivity contribution in [2.45, 2.75) is 43.7 Å². The van der Waals surface area contributed by atoms with Crippen LogP contribution in [0.3, 0.4) is 0 Å². The number of carbonyl (C=O) groups excluding carboxylic acids is 1. The van der Waals surface area contributed by atoms with Gasteiger partial charge in [-0.1, -0.05) is 38.1 Å². The second-order valence-corrected chi connectivity index (χ2v) is 13.2. The molecule has 12 heteroatoms. The highest BCUT2D eigenvalue weighted by molar-refractivity contribution is 7.91. The molecule has 1 fully saturated rings. The Morgan fingerprint density at radius 3 is 2.58 bits per heavy atom. The number of sulfone groups is 1. The maximum Gasteiger partial charge on any atom is 0.309 e. The lowest BCUT2D eigenvalue weighted by molar-refractivity contribution is -0.143. The average Bonchev–Trinajstić information content (AvgIpc) is 3.51. The average molecular weight is 635 g/mol. The molecule has 1 aromatic heterocycles. The van der Waals surface area contributed by atoms with Crippen LogP contribution in [0, 0.1) is 11.7 Å². The Morgan fingerprint density at radius 1 is 1.13 bits per heavy atom. The van der Waals surface area contributed by atoms with Gasteiger partial charge in [-0.3, -0.25) is 19.6 Å². The van der Waals surface area contributed by atoms with E-state index in [1.165, 1.54) is 36.1 Å². The van der Waals surface area contributed by atoms with Crippen molar-refractivity contribution >= 4 is 38.2 Å². The molecule has 0 spiro atoms. The molecule has 3 N–H and O–H groups in total. The van der Waals surface area contributed by atoms with Crippen molar-refractivity contribution in [3.8, 4) is 5.75 Å². The van der Waals surface area contributed by atoms with Crippen molar-refractivity contribution in [3.05, 3.63) is 95.6 Å². The van der Waals surface area contributed by atoms with E-state index in [0.29, 0.717) is 17.7 Å². The van der Waals surface area contributed by atoms with Crippen molar-refractivity contribution in [2.75, 3.05) is 24.4 Å². The molecule has 2 unspecified atom stereocenters. The van der Waals surface area contributed by atoms with Crippen molar-refractivity contribution in [2.24, 2.45) is 11.8 Å². The summed E-state index contributed by atoms with van der Waals surface area (Å²) >= 11 is 0. The highest BCUT2D eigenvalue weighted by Crippen LogP contribution is 2.43. The Balaban J connectivity index is 1.70. The van der Waals surface area contributed by atoms with E-state index in [1.807, 2.05) is 6.92 Å². The lowest BCUT2D eigenvalue weighted by Crippen LogP contribution is -2.47. The topological polar surface area (TPSA) is 143 Å². The molecular weight excluding hydrogens is 599 g/mol. The first kappa shape index (κ1) is 31.9. The number of carbonyl (C=O) groups is 2. The van der Waals surface area contributed by atoms with Crippen LogP contribution in [0.1, 0.15) is 49.0 Å². The molecule has 2 heterocycles. The van der Waals surface area contributed by atoms with Crippen LogP contribution < -0.4 is 15.6 Å². The fraction of sp³-hybridized carbons (Fsp3) is 0.303. The van der Waals surface area contributed by atoms with Crippen LogP contribution in [0.2, 0.25) is 0 Å². The number of amides is 1. The number of ether oxygens (including phenoxy) is 1. The van der Waals surface area contributed by atoms with Crippen LogP contribution in [0.4, 0.5) is 10.1 Å². The molecule has 0 radical (unpaired) electrons. The summed E-state index contributed by atoms with van der Waals surface area (Å²) in [4.78, 5) is 32.7. The molecule has 4 aromatic rings. The second-order valence-electron chi connectivity index (χ2n) is 10.9. The monoisotopic (exact) mass is 634 g/mol. The van der Waals surface area contributed by atoms with Gasteiger partial charge in [0.1, 0.15) is 0 Å². The van der Waals surface area contributed by atoms with Gasteiger partial charge in [-0.15, -0.1) is 0 Å². The number of carboxylic acids is 1. The fourth-order valence-electron chi connectivity index (χ4n) is 6.02. The van der Waals surface area contributed by atoms with E-state index in [-0.39, 0.29) is 40.5 Å². The minimum absolute atomic E-state index is 0.0130. The van der Waals surface area contributed by atoms with E-state index in [4.69, 9.17) is 10.6 Å². The van der Waals surface area contributed by atoms with E-state index in [2.05, 4.69) is 4.98 Å². The molecule has 10 nitrogen and oxygen atoms in total. The van der Waals surface area contributed by atoms with Crippen LogP contribution in [0.25, 0.3) is 10.8 Å². The zero-order valence-corrected chi connectivity index (χ0v) is 26.0. The predicted molar refractivity (Wildman–Crippen MR) is 168 cm³/mol. The number of aryl methyl sites for hydroxylation is 1. The fourth-order valence-corrected chi connectivity index (χ4v) is 7.16. The number of aromatic nitrogens is 1. The number of pyridine rings is 1. The van der Waals surface area contributed by atoms with Gasteiger partial charge < -0.3 is 14.7 Å². The van der Waals surface area contributed by atoms with Gasteiger partial charge in [0.25, 0.3) is 5.91 Å². The maximum absolute atomic E-state index is 16.1. The number of hydrazine groups is 1. The van der Waals surface area contributed by atoms with Gasteiger partial charge in [0.05, 0.1) is 35.4 Å². The summed E-state index contributed by atoms with van der Waals surface area (Å²) < 4.78 is 47.7. The van der Waals surface area contributed by atoms with Gasteiger partial charge >= 0.3 is 5.97 Å². The Kier molecular flexibility index (Phi) is 9.08. The van der Waals surface area contributed by atoms with Crippen molar-refractivity contribution in [1.29, 1.82) is 0 Å². The number of nitrogens with two attached hydrogens (primary N) is 1. The molecule has 1 amide bonds. The van der Waals surface area contributed by atoms with Crippen molar-refractivity contribution in [1.82, 2.24) is 9.88 Å². The standard InChI is InChI=1S/C33H35FN4O6S/c1-4-20-16-26(29(34)27(17-20)44-3)31(38(35)23-11-10-22-19-36-14-12-21(22)18-23)32(39)37-15-13-25(33(40)41)30(37)24-8-6-7-9-28(24)45(42,43)5-2/h6-12,14,16-19,25,30-31H,4-5,13,15,35H2,1-3H3,(H,40,41)/t25?,30?,31-/m0/s1. The summed E-state index contributed by atoms with van der Waals surface area (Å²) in [6.07, 6.45) is 3.87. The minimum Gasteiger partial charge on any atom is -0.494 e. The summed E-state index contributed by atoms with van der Waals surface area (Å²) in [6.45, 7) is 3.36. The first-order chi connectivity index (χ1) is 21.5. The highest BCUT2D eigenvalue weighted by atomic mass is 32.2. The molecule has 0 bridgehead atoms. The van der Waals surface area contributed by atoms with Crippen LogP contribution >= 0.6 is 0 Å². The Hall–Kier alpha value is -4.55. The summed E-state index contributed by atoms with van der Waals surface area (Å²) in [7, 11) is -2.46. The third-order valence-corrected chi connectivity index (χ3v) is 10.2. The number of halogens is 1. The quantitative estimate of drug-likeness (QED) is 0.185. The van der Waals surface area contributed by atoms with Gasteiger partial charge in [0, 0.05) is 29.9 Å². The van der Waals surface area contributed by atoms with Crippen LogP contribution in [-0.4, -0.2) is 54.7 Å². The third-order valence-electron chi connectivity index (χ3n) is 8.44. The summed E-state index contributed by atoms with van der Waals surface area (Å²) in [5, 5.41) is 13.0. The number of hydrogen-bond donors (Lipinski definition) is 2. The van der Waals surface area contributed by atoms with Crippen LogP contribution in [0.15, 0.2) is 78.0 Å². The number of nitrogens with zero attached hydrogens (tertiary/aromatic N) is 3. The van der Waals surface area contributed by atoms with Crippen LogP contribution in [-0.2, 0) is 25.8 Å². The molecule has 3 aromatic carbocycles. The summed E-state index contributed by atoms with van der Waals surface area (Å²) in [5.74, 6) is 2.70. The number of hydrogen-bond acceptors (Lipinski definition) is 8. The molecule has 45 heavy (non-hydrogen) atoms. The third kappa shape index (κ3) is 5.95. The summed E-state index contributed by atoms with van der Waals surface area (Å²) in [5.41, 5.74) is 1.23. The SMILES string of the molecule is CCc1cc(OC)c(F)c([C@@H](C(=O)N2CCC(C(=O)O)C2c2ccccc2S(=O)(=O)CC)N(N)c2ccc3cnccc3c2)c1. The largest absolute Gasteiger partial charge is 0.494 e. The molecular formula is C33H35FN4O6S. The van der Waals surface area contributed by atoms with Gasteiger partial charge in [-0.25, -0.2) is 18.7 Å². The number of likely N-dealkylation sites (tertiary alicyclic amines) is 1. The van der Waals surface area contributed by atoms with Gasteiger partial charge in [0.15, 0.2) is 27.4 Å². The number of rotatable bonds is 10. The lowest BCUT2D eigenvalue weighted by atomic mass is 9.92. The number of methoxy groups -OCH3 is 1. The van der Waals surface area contributed by atoms with E-state index in [1.54, 1.807) is 60.9 Å². The highest BCUT2D eigenvalue weighted by Gasteiger charge is 2.47. The number of anilines is 1. The molecule has 0 saturated carbocycles. The number of fused-ring (bicyclic) bond motifs is 1. The van der Waals surface area contributed by atoms with Crippen LogP contribution in [0.5, 0.6) is 5.75 Å². The zero-order valence-electron chi connectivity index (χ0n) is 25.2. The molecule has 1 aliphatic heterocycles. The minimum atomic E-state index is -3.79. The Labute approximate surface area is 261 Å². The maximum atomic E-state index is 16.1. The van der Waals surface area contributed by atoms with E-state index < -0.39 is 45.5 Å². The molecule has 5 rings (SSSR count). The van der Waals surface area contributed by atoms with E-state index in [0.717, 1.165) is 10.8 Å². The first-order valence-corrected chi connectivity index (χ1v) is 16.3. The Morgan fingerprint density at radius 2 is 1.89 bits per heavy atom. The van der Waals surface area contributed by atoms with Gasteiger partial charge in [0.2, 0.25) is 0 Å². The van der Waals surface area contributed by atoms with E-state index >= 15 is 4.39 Å². The normalized spacial score (nSPS) is 17.3. The first-order valence-electron chi connectivity index (χ1n) is 14.6. The zero-order chi connectivity index (χ0) is 32.5. The molecule has 1 saturated heterocycles. The van der Waals surface area contributed by atoms with Crippen molar-refractivity contribution < 1.29 is 32.2 Å². The number of aliphatic carboxylic acids is 1. The second kappa shape index (κ2) is 12.8.